The van der Waals surface area contributed by atoms with Gasteiger partial charge in [0.25, 0.3) is 0 Å². The van der Waals surface area contributed by atoms with Crippen LogP contribution >= 0.6 is 0 Å². The number of carbonyl (C=O) groups is 1. The van der Waals surface area contributed by atoms with Crippen LogP contribution in [0, 0.1) is 0 Å². The average Bonchev–Trinajstić information content (AvgIpc) is 3.06. The van der Waals surface area contributed by atoms with Crippen molar-refractivity contribution in [2.45, 2.75) is 238 Å². The highest BCUT2D eigenvalue weighted by Gasteiger charge is 2.26. The molecule has 0 aromatic carbocycles. The summed E-state index contributed by atoms with van der Waals surface area (Å²) in [6.07, 6.45) is 41.9. The SMILES string of the molecule is CCCCCCCCCCCCCCCCCCCC/C=C/CCCC(O)C(O)C(CO)NC(=O)CCCCCCCCCCC. The number of hydrogen-bond acceptors (Lipinski definition) is 4. The fourth-order valence-electron chi connectivity index (χ4n) is 6.40. The zero-order valence-electron chi connectivity index (χ0n) is 31.0. The van der Waals surface area contributed by atoms with Crippen molar-refractivity contribution in [2.75, 3.05) is 6.61 Å². The molecule has 0 aromatic heterocycles. The molecule has 46 heavy (non-hydrogen) atoms. The van der Waals surface area contributed by atoms with Gasteiger partial charge in [-0.2, -0.15) is 0 Å². The van der Waals surface area contributed by atoms with Crippen LogP contribution in [-0.2, 0) is 4.79 Å². The number of allylic oxidation sites excluding steroid dienone is 2. The van der Waals surface area contributed by atoms with Crippen LogP contribution in [0.2, 0.25) is 0 Å². The van der Waals surface area contributed by atoms with E-state index >= 15 is 0 Å². The van der Waals surface area contributed by atoms with Crippen molar-refractivity contribution < 1.29 is 20.1 Å². The minimum absolute atomic E-state index is 0.157. The van der Waals surface area contributed by atoms with Crippen molar-refractivity contribution in [1.29, 1.82) is 0 Å². The van der Waals surface area contributed by atoms with E-state index in [4.69, 9.17) is 0 Å². The van der Waals surface area contributed by atoms with E-state index in [2.05, 4.69) is 31.3 Å². The smallest absolute Gasteiger partial charge is 0.220 e. The van der Waals surface area contributed by atoms with E-state index in [1.165, 1.54) is 154 Å². The van der Waals surface area contributed by atoms with Crippen molar-refractivity contribution in [1.82, 2.24) is 5.32 Å². The molecule has 0 fully saturated rings. The van der Waals surface area contributed by atoms with Crippen LogP contribution < -0.4 is 5.32 Å². The molecule has 0 saturated heterocycles. The Bertz CT molecular complexity index is 640. The molecule has 3 unspecified atom stereocenters. The Kier molecular flexibility index (Phi) is 36.2. The van der Waals surface area contributed by atoms with Gasteiger partial charge in [0, 0.05) is 6.42 Å². The number of aliphatic hydroxyl groups excluding tert-OH is 3. The van der Waals surface area contributed by atoms with E-state index in [0.29, 0.717) is 12.8 Å². The number of carbonyl (C=O) groups excluding carboxylic acids is 1. The quantitative estimate of drug-likeness (QED) is 0.0397. The summed E-state index contributed by atoms with van der Waals surface area (Å²) >= 11 is 0. The van der Waals surface area contributed by atoms with Gasteiger partial charge in [-0.3, -0.25) is 4.79 Å². The van der Waals surface area contributed by atoms with Gasteiger partial charge in [0.05, 0.1) is 18.8 Å². The van der Waals surface area contributed by atoms with Gasteiger partial charge in [0.15, 0.2) is 0 Å². The molecule has 3 atom stereocenters. The maximum absolute atomic E-state index is 12.3. The molecule has 0 saturated carbocycles. The minimum atomic E-state index is -1.15. The first-order valence-corrected chi connectivity index (χ1v) is 20.5. The van der Waals surface area contributed by atoms with Crippen LogP contribution in [0.1, 0.15) is 219 Å². The Morgan fingerprint density at radius 1 is 0.522 bits per heavy atom. The van der Waals surface area contributed by atoms with Crippen molar-refractivity contribution in [3.63, 3.8) is 0 Å². The number of hydrogen-bond donors (Lipinski definition) is 4. The third kappa shape index (κ3) is 31.7. The summed E-state index contributed by atoms with van der Waals surface area (Å²) in [6, 6.07) is -0.818. The molecule has 274 valence electrons. The number of nitrogens with one attached hydrogen (secondary N) is 1. The molecule has 0 heterocycles. The topological polar surface area (TPSA) is 89.8 Å². The van der Waals surface area contributed by atoms with E-state index < -0.39 is 18.2 Å². The molecule has 0 radical (unpaired) electrons. The lowest BCUT2D eigenvalue weighted by Gasteiger charge is -2.26. The van der Waals surface area contributed by atoms with E-state index in [1.807, 2.05) is 0 Å². The number of rotatable bonds is 37. The predicted molar refractivity (Wildman–Crippen MR) is 199 cm³/mol. The Balaban J connectivity index is 3.60. The van der Waals surface area contributed by atoms with Crippen molar-refractivity contribution in [3.05, 3.63) is 12.2 Å². The molecule has 0 spiro atoms. The Hall–Kier alpha value is -0.910. The maximum Gasteiger partial charge on any atom is 0.220 e. The van der Waals surface area contributed by atoms with Gasteiger partial charge in [-0.25, -0.2) is 0 Å². The van der Waals surface area contributed by atoms with Crippen molar-refractivity contribution in [3.8, 4) is 0 Å². The standard InChI is InChI=1S/C41H81NO4/c1-3-5-7-9-11-13-14-15-16-17-18-19-20-21-22-23-24-25-26-28-29-31-33-35-39(44)41(46)38(37-43)42-40(45)36-34-32-30-27-12-10-8-6-4-2/h28-29,38-39,41,43-44,46H,3-27,30-37H2,1-2H3,(H,42,45)/b29-28+. The molecule has 0 aliphatic heterocycles. The molecule has 0 bridgehead atoms. The number of aliphatic hydroxyl groups is 3. The van der Waals surface area contributed by atoms with Crippen molar-refractivity contribution in [2.24, 2.45) is 0 Å². The molecule has 0 aliphatic carbocycles. The lowest BCUT2D eigenvalue weighted by Crippen LogP contribution is -2.50. The largest absolute Gasteiger partial charge is 0.394 e. The van der Waals surface area contributed by atoms with E-state index in [1.54, 1.807) is 0 Å². The van der Waals surface area contributed by atoms with Gasteiger partial charge in [0.2, 0.25) is 5.91 Å². The zero-order chi connectivity index (χ0) is 33.8. The summed E-state index contributed by atoms with van der Waals surface area (Å²) in [5.41, 5.74) is 0. The maximum atomic E-state index is 12.3. The molecular weight excluding hydrogens is 570 g/mol. The molecule has 4 N–H and O–H groups in total. The lowest BCUT2D eigenvalue weighted by atomic mass is 10.0. The van der Waals surface area contributed by atoms with Gasteiger partial charge in [-0.05, 0) is 38.5 Å². The minimum Gasteiger partial charge on any atom is -0.394 e. The summed E-state index contributed by atoms with van der Waals surface area (Å²) in [5, 5.41) is 33.3. The first kappa shape index (κ1) is 45.1. The summed E-state index contributed by atoms with van der Waals surface area (Å²) in [5.74, 6) is -0.157. The molecular formula is C41H81NO4. The van der Waals surface area contributed by atoms with Gasteiger partial charge in [0.1, 0.15) is 6.10 Å². The molecule has 0 aliphatic rings. The van der Waals surface area contributed by atoms with Crippen LogP contribution in [0.3, 0.4) is 0 Å². The lowest BCUT2D eigenvalue weighted by molar-refractivity contribution is -0.124. The highest BCUT2D eigenvalue weighted by atomic mass is 16.3. The molecule has 0 rings (SSSR count). The summed E-state index contributed by atoms with van der Waals surface area (Å²) < 4.78 is 0. The first-order chi connectivity index (χ1) is 22.6. The highest BCUT2D eigenvalue weighted by molar-refractivity contribution is 5.76. The fourth-order valence-corrected chi connectivity index (χ4v) is 6.40. The third-order valence-corrected chi connectivity index (χ3v) is 9.62. The molecule has 0 aromatic rings. The highest BCUT2D eigenvalue weighted by Crippen LogP contribution is 2.16. The second kappa shape index (κ2) is 36.9. The Morgan fingerprint density at radius 3 is 1.26 bits per heavy atom. The van der Waals surface area contributed by atoms with E-state index in [-0.39, 0.29) is 12.5 Å². The van der Waals surface area contributed by atoms with Crippen LogP contribution in [0.15, 0.2) is 12.2 Å². The molecule has 1 amide bonds. The van der Waals surface area contributed by atoms with Gasteiger partial charge < -0.3 is 20.6 Å². The Morgan fingerprint density at radius 2 is 0.870 bits per heavy atom. The average molecular weight is 652 g/mol. The van der Waals surface area contributed by atoms with Crippen LogP contribution in [-0.4, -0.2) is 46.1 Å². The summed E-state index contributed by atoms with van der Waals surface area (Å²) in [7, 11) is 0. The zero-order valence-corrected chi connectivity index (χ0v) is 31.0. The van der Waals surface area contributed by atoms with Crippen LogP contribution in [0.4, 0.5) is 0 Å². The van der Waals surface area contributed by atoms with Crippen LogP contribution in [0.5, 0.6) is 0 Å². The normalized spacial score (nSPS) is 13.8. The molecule has 5 nitrogen and oxygen atoms in total. The molecule has 5 heteroatoms. The summed E-state index contributed by atoms with van der Waals surface area (Å²) in [6.45, 7) is 4.14. The van der Waals surface area contributed by atoms with Gasteiger partial charge in [-0.15, -0.1) is 0 Å². The predicted octanol–water partition coefficient (Wildman–Crippen LogP) is 11.3. The summed E-state index contributed by atoms with van der Waals surface area (Å²) in [4.78, 5) is 12.3. The second-order valence-electron chi connectivity index (χ2n) is 14.2. The van der Waals surface area contributed by atoms with E-state index in [9.17, 15) is 20.1 Å². The van der Waals surface area contributed by atoms with E-state index in [0.717, 1.165) is 38.5 Å². The monoisotopic (exact) mass is 652 g/mol. The third-order valence-electron chi connectivity index (χ3n) is 9.62. The van der Waals surface area contributed by atoms with Crippen LogP contribution in [0.25, 0.3) is 0 Å². The van der Waals surface area contributed by atoms with Gasteiger partial charge >= 0.3 is 0 Å². The number of amides is 1. The van der Waals surface area contributed by atoms with Gasteiger partial charge in [-0.1, -0.05) is 187 Å². The second-order valence-corrected chi connectivity index (χ2v) is 14.2. The Labute approximate surface area is 287 Å². The first-order valence-electron chi connectivity index (χ1n) is 20.5. The number of unbranched alkanes of at least 4 members (excludes halogenated alkanes) is 27. The van der Waals surface area contributed by atoms with Crippen molar-refractivity contribution >= 4 is 5.91 Å². The fraction of sp³-hybridized carbons (Fsp3) is 0.927.